The summed E-state index contributed by atoms with van der Waals surface area (Å²) in [5.74, 6) is -3.86. The van der Waals surface area contributed by atoms with Crippen LogP contribution in [-0.2, 0) is 11.2 Å². The van der Waals surface area contributed by atoms with Gasteiger partial charge in [-0.1, -0.05) is 0 Å². The van der Waals surface area contributed by atoms with E-state index in [0.717, 1.165) is 25.0 Å². The van der Waals surface area contributed by atoms with Gasteiger partial charge in [-0.05, 0) is 54.2 Å². The van der Waals surface area contributed by atoms with Crippen molar-refractivity contribution in [2.24, 2.45) is 0 Å². The molecule has 24 heavy (non-hydrogen) atoms. The van der Waals surface area contributed by atoms with Crippen LogP contribution in [0.1, 0.15) is 29.9 Å². The van der Waals surface area contributed by atoms with Gasteiger partial charge in [0.15, 0.2) is 17.5 Å². The first kappa shape index (κ1) is 16.5. The quantitative estimate of drug-likeness (QED) is 0.806. The number of piperidine rings is 1. The summed E-state index contributed by atoms with van der Waals surface area (Å²) >= 11 is 0. The van der Waals surface area contributed by atoms with Crippen LogP contribution in [0.5, 0.6) is 0 Å². The smallest absolute Gasteiger partial charge is 0.226 e. The van der Waals surface area contributed by atoms with Gasteiger partial charge in [-0.25, -0.2) is 13.2 Å². The van der Waals surface area contributed by atoms with Crippen molar-refractivity contribution in [2.45, 2.75) is 25.2 Å². The maximum Gasteiger partial charge on any atom is 0.226 e. The molecule has 1 amide bonds. The van der Waals surface area contributed by atoms with Crippen LogP contribution in [0.15, 0.2) is 36.7 Å². The molecule has 1 aliphatic heterocycles. The highest BCUT2D eigenvalue weighted by atomic mass is 19.2. The first-order valence-corrected chi connectivity index (χ1v) is 7.85. The van der Waals surface area contributed by atoms with Crippen molar-refractivity contribution in [1.29, 1.82) is 0 Å². The molecule has 0 aliphatic carbocycles. The molecule has 1 aliphatic rings. The van der Waals surface area contributed by atoms with Crippen molar-refractivity contribution in [3.05, 3.63) is 65.2 Å². The lowest BCUT2D eigenvalue weighted by atomic mass is 9.90. The second-order valence-electron chi connectivity index (χ2n) is 5.99. The lowest BCUT2D eigenvalue weighted by Crippen LogP contribution is -2.38. The van der Waals surface area contributed by atoms with E-state index in [0.29, 0.717) is 19.0 Å². The zero-order chi connectivity index (χ0) is 17.1. The number of carbonyl (C=O) groups is 1. The van der Waals surface area contributed by atoms with Crippen LogP contribution in [0.3, 0.4) is 0 Å². The Hall–Kier alpha value is -2.37. The minimum Gasteiger partial charge on any atom is -0.342 e. The number of pyridine rings is 1. The van der Waals surface area contributed by atoms with Crippen molar-refractivity contribution in [3.8, 4) is 0 Å². The summed E-state index contributed by atoms with van der Waals surface area (Å²) in [6.45, 7) is 1.19. The van der Waals surface area contributed by atoms with E-state index in [9.17, 15) is 18.0 Å². The molecule has 1 fully saturated rings. The first-order valence-electron chi connectivity index (χ1n) is 7.85. The van der Waals surface area contributed by atoms with Gasteiger partial charge in [-0.2, -0.15) is 0 Å². The van der Waals surface area contributed by atoms with Crippen molar-refractivity contribution in [3.63, 3.8) is 0 Å². The number of hydrogen-bond donors (Lipinski definition) is 0. The minimum atomic E-state index is -1.51. The Morgan fingerprint density at radius 2 is 1.67 bits per heavy atom. The van der Waals surface area contributed by atoms with E-state index < -0.39 is 17.5 Å². The van der Waals surface area contributed by atoms with Gasteiger partial charge in [-0.3, -0.25) is 9.78 Å². The highest BCUT2D eigenvalue weighted by molar-refractivity contribution is 5.78. The van der Waals surface area contributed by atoms with Crippen LogP contribution in [-0.4, -0.2) is 28.9 Å². The molecule has 2 aromatic rings. The predicted molar refractivity (Wildman–Crippen MR) is 82.8 cm³/mol. The van der Waals surface area contributed by atoms with Crippen LogP contribution in [0, 0.1) is 17.5 Å². The number of nitrogens with zero attached hydrogens (tertiary/aromatic N) is 2. The van der Waals surface area contributed by atoms with Crippen LogP contribution in [0.2, 0.25) is 0 Å². The number of amides is 1. The Balaban J connectivity index is 1.59. The summed E-state index contributed by atoms with van der Waals surface area (Å²) in [5, 5.41) is 0. The van der Waals surface area contributed by atoms with Crippen LogP contribution in [0.4, 0.5) is 13.2 Å². The second-order valence-corrected chi connectivity index (χ2v) is 5.99. The van der Waals surface area contributed by atoms with Crippen molar-refractivity contribution in [2.75, 3.05) is 13.1 Å². The second kappa shape index (κ2) is 7.03. The molecule has 3 rings (SSSR count). The summed E-state index contributed by atoms with van der Waals surface area (Å²) in [4.78, 5) is 18.0. The molecule has 1 aromatic heterocycles. The van der Waals surface area contributed by atoms with Gasteiger partial charge in [0, 0.05) is 25.5 Å². The molecule has 0 bridgehead atoms. The average molecular weight is 334 g/mol. The zero-order valence-electron chi connectivity index (χ0n) is 13.0. The molecule has 0 radical (unpaired) electrons. The normalized spacial score (nSPS) is 15.5. The molecule has 0 saturated carbocycles. The molecule has 0 unspecified atom stereocenters. The number of hydrogen-bond acceptors (Lipinski definition) is 2. The summed E-state index contributed by atoms with van der Waals surface area (Å²) in [5.41, 5.74) is 1.35. The summed E-state index contributed by atoms with van der Waals surface area (Å²) in [7, 11) is 0. The third-order valence-corrected chi connectivity index (χ3v) is 4.42. The van der Waals surface area contributed by atoms with E-state index >= 15 is 0 Å². The average Bonchev–Trinajstić information content (AvgIpc) is 2.60. The summed E-state index contributed by atoms with van der Waals surface area (Å²) < 4.78 is 39.4. The molecular formula is C18H17F3N2O. The van der Waals surface area contributed by atoms with Gasteiger partial charge in [0.2, 0.25) is 5.91 Å². The highest BCUT2D eigenvalue weighted by Crippen LogP contribution is 2.27. The lowest BCUT2D eigenvalue weighted by Gasteiger charge is -2.32. The van der Waals surface area contributed by atoms with Crippen molar-refractivity contribution in [1.82, 2.24) is 9.88 Å². The molecule has 2 heterocycles. The van der Waals surface area contributed by atoms with Gasteiger partial charge < -0.3 is 4.90 Å². The van der Waals surface area contributed by atoms with Gasteiger partial charge in [0.05, 0.1) is 6.42 Å². The van der Waals surface area contributed by atoms with E-state index in [1.807, 2.05) is 12.1 Å². The lowest BCUT2D eigenvalue weighted by molar-refractivity contribution is -0.131. The fourth-order valence-electron chi connectivity index (χ4n) is 3.09. The van der Waals surface area contributed by atoms with E-state index in [2.05, 4.69) is 4.98 Å². The van der Waals surface area contributed by atoms with E-state index in [1.165, 1.54) is 5.56 Å². The molecule has 126 valence electrons. The third-order valence-electron chi connectivity index (χ3n) is 4.42. The number of benzene rings is 1. The molecular weight excluding hydrogens is 317 g/mol. The number of halogens is 3. The molecule has 0 spiro atoms. The first-order chi connectivity index (χ1) is 11.5. The molecule has 0 N–H and O–H groups in total. The van der Waals surface area contributed by atoms with Crippen molar-refractivity contribution >= 4 is 5.91 Å². The maximum atomic E-state index is 13.2. The third kappa shape index (κ3) is 3.58. The maximum absolute atomic E-state index is 13.2. The van der Waals surface area contributed by atoms with Gasteiger partial charge in [0.25, 0.3) is 0 Å². The SMILES string of the molecule is O=C(Cc1cc(F)c(F)c(F)c1)N1CCC(c2ccncc2)CC1. The van der Waals surface area contributed by atoms with Crippen LogP contribution >= 0.6 is 0 Å². The fraction of sp³-hybridized carbons (Fsp3) is 0.333. The Bertz CT molecular complexity index is 705. The Kier molecular flexibility index (Phi) is 4.83. The molecule has 3 nitrogen and oxygen atoms in total. The van der Waals surface area contributed by atoms with Gasteiger partial charge in [-0.15, -0.1) is 0 Å². The Morgan fingerprint density at radius 3 is 2.25 bits per heavy atom. The summed E-state index contributed by atoms with van der Waals surface area (Å²) in [6.07, 6.45) is 5.05. The fourth-order valence-corrected chi connectivity index (χ4v) is 3.09. The van der Waals surface area contributed by atoms with E-state index in [4.69, 9.17) is 0 Å². The molecule has 6 heteroatoms. The minimum absolute atomic E-state index is 0.131. The van der Waals surface area contributed by atoms with Crippen LogP contribution in [0.25, 0.3) is 0 Å². The Labute approximate surface area is 138 Å². The molecule has 0 atom stereocenters. The van der Waals surface area contributed by atoms with E-state index in [1.54, 1.807) is 17.3 Å². The number of rotatable bonds is 3. The monoisotopic (exact) mass is 334 g/mol. The topological polar surface area (TPSA) is 33.2 Å². The number of carbonyl (C=O) groups excluding carboxylic acids is 1. The summed E-state index contributed by atoms with van der Waals surface area (Å²) in [6, 6.07) is 5.71. The molecule has 1 aromatic carbocycles. The van der Waals surface area contributed by atoms with Crippen LogP contribution < -0.4 is 0 Å². The largest absolute Gasteiger partial charge is 0.342 e. The highest BCUT2D eigenvalue weighted by Gasteiger charge is 2.24. The zero-order valence-corrected chi connectivity index (χ0v) is 13.0. The van der Waals surface area contributed by atoms with Gasteiger partial charge in [0.1, 0.15) is 0 Å². The van der Waals surface area contributed by atoms with Gasteiger partial charge >= 0.3 is 0 Å². The number of likely N-dealkylation sites (tertiary alicyclic amines) is 1. The Morgan fingerprint density at radius 1 is 1.08 bits per heavy atom. The standard InChI is InChI=1S/C18H17F3N2O/c19-15-9-12(10-16(20)18(15)21)11-17(24)23-7-3-14(4-8-23)13-1-5-22-6-2-13/h1-2,5-6,9-10,14H,3-4,7-8,11H2. The predicted octanol–water partition coefficient (Wildman–Crippen LogP) is 3.45. The van der Waals surface area contributed by atoms with Crippen molar-refractivity contribution < 1.29 is 18.0 Å². The van der Waals surface area contributed by atoms with E-state index in [-0.39, 0.29) is 17.9 Å². The number of aromatic nitrogens is 1. The molecule has 1 saturated heterocycles.